The van der Waals surface area contributed by atoms with Gasteiger partial charge in [0.05, 0.1) is 19.4 Å². The molecule has 4 heteroatoms. The van der Waals surface area contributed by atoms with Crippen molar-refractivity contribution in [3.8, 4) is 0 Å². The second kappa shape index (κ2) is 4.90. The molecule has 68 valence electrons. The first kappa shape index (κ1) is 9.22. The van der Waals surface area contributed by atoms with E-state index in [1.54, 1.807) is 4.68 Å². The molecule has 1 heterocycles. The first-order valence-electron chi connectivity index (χ1n) is 4.03. The van der Waals surface area contributed by atoms with Crippen LogP contribution in [-0.4, -0.2) is 30.0 Å². The molecule has 0 amide bonds. The van der Waals surface area contributed by atoms with E-state index in [2.05, 4.69) is 10.4 Å². The van der Waals surface area contributed by atoms with Crippen LogP contribution >= 0.6 is 0 Å². The second-order valence-corrected chi connectivity index (χ2v) is 2.68. The van der Waals surface area contributed by atoms with Crippen molar-refractivity contribution in [1.29, 1.82) is 0 Å². The highest BCUT2D eigenvalue weighted by atomic mass is 16.5. The van der Waals surface area contributed by atoms with Gasteiger partial charge in [-0.2, -0.15) is 5.10 Å². The molecular formula is C8H15N3O. The summed E-state index contributed by atoms with van der Waals surface area (Å²) < 4.78 is 7.13. The summed E-state index contributed by atoms with van der Waals surface area (Å²) in [5.74, 6) is 0. The Kier molecular flexibility index (Phi) is 3.76. The Hall–Kier alpha value is -0.870. The predicted molar refractivity (Wildman–Crippen MR) is 46.8 cm³/mol. The van der Waals surface area contributed by atoms with E-state index in [1.165, 1.54) is 0 Å². The maximum atomic E-state index is 5.36. The standard InChI is InChI=1S/C8H15N3O/c1-9-3-4-12-7-8-5-10-11(2)6-8/h5-6,9H,3-4,7H2,1-2H3. The maximum Gasteiger partial charge on any atom is 0.0748 e. The Morgan fingerprint density at radius 2 is 2.50 bits per heavy atom. The van der Waals surface area contributed by atoms with Crippen molar-refractivity contribution >= 4 is 0 Å². The van der Waals surface area contributed by atoms with E-state index in [-0.39, 0.29) is 0 Å². The third-order valence-electron chi connectivity index (χ3n) is 1.52. The lowest BCUT2D eigenvalue weighted by Gasteiger charge is -2.00. The van der Waals surface area contributed by atoms with Gasteiger partial charge < -0.3 is 10.1 Å². The number of aromatic nitrogens is 2. The van der Waals surface area contributed by atoms with Crippen LogP contribution in [0.1, 0.15) is 5.56 Å². The minimum absolute atomic E-state index is 0.648. The number of aryl methyl sites for hydroxylation is 1. The fraction of sp³-hybridized carbons (Fsp3) is 0.625. The highest BCUT2D eigenvalue weighted by Crippen LogP contribution is 1.97. The molecule has 1 aromatic rings. The average Bonchev–Trinajstić information content (AvgIpc) is 2.45. The number of hydrogen-bond acceptors (Lipinski definition) is 3. The summed E-state index contributed by atoms with van der Waals surface area (Å²) >= 11 is 0. The molecule has 12 heavy (non-hydrogen) atoms. The topological polar surface area (TPSA) is 39.1 Å². The van der Waals surface area contributed by atoms with Gasteiger partial charge >= 0.3 is 0 Å². The molecule has 0 bridgehead atoms. The van der Waals surface area contributed by atoms with E-state index in [0.29, 0.717) is 6.61 Å². The zero-order chi connectivity index (χ0) is 8.81. The van der Waals surface area contributed by atoms with E-state index in [4.69, 9.17) is 4.74 Å². The molecule has 0 radical (unpaired) electrons. The number of ether oxygens (including phenoxy) is 1. The molecule has 0 fully saturated rings. The van der Waals surface area contributed by atoms with Gasteiger partial charge in [0.1, 0.15) is 0 Å². The molecule has 0 atom stereocenters. The van der Waals surface area contributed by atoms with Gasteiger partial charge in [0.25, 0.3) is 0 Å². The van der Waals surface area contributed by atoms with Gasteiger partial charge in [0, 0.05) is 25.4 Å². The fourth-order valence-corrected chi connectivity index (χ4v) is 0.911. The maximum absolute atomic E-state index is 5.36. The van der Waals surface area contributed by atoms with Crippen molar-refractivity contribution in [2.24, 2.45) is 7.05 Å². The molecule has 0 aliphatic carbocycles. The van der Waals surface area contributed by atoms with Crippen molar-refractivity contribution in [3.05, 3.63) is 18.0 Å². The normalized spacial score (nSPS) is 10.5. The van der Waals surface area contributed by atoms with Gasteiger partial charge in [-0.25, -0.2) is 0 Å². The summed E-state index contributed by atoms with van der Waals surface area (Å²) in [7, 11) is 3.81. The monoisotopic (exact) mass is 169 g/mol. The number of nitrogens with one attached hydrogen (secondary N) is 1. The Balaban J connectivity index is 2.15. The van der Waals surface area contributed by atoms with E-state index in [9.17, 15) is 0 Å². The smallest absolute Gasteiger partial charge is 0.0748 e. The van der Waals surface area contributed by atoms with Crippen LogP contribution in [0.2, 0.25) is 0 Å². The number of nitrogens with zero attached hydrogens (tertiary/aromatic N) is 2. The number of likely N-dealkylation sites (N-methyl/N-ethyl adjacent to an activating group) is 1. The Morgan fingerprint density at radius 1 is 1.67 bits per heavy atom. The highest BCUT2D eigenvalue weighted by molar-refractivity contribution is 5.01. The highest BCUT2D eigenvalue weighted by Gasteiger charge is 1.94. The summed E-state index contributed by atoms with van der Waals surface area (Å²) in [6.07, 6.45) is 3.78. The molecule has 4 nitrogen and oxygen atoms in total. The van der Waals surface area contributed by atoms with Crippen LogP contribution < -0.4 is 5.32 Å². The zero-order valence-electron chi connectivity index (χ0n) is 7.58. The lowest BCUT2D eigenvalue weighted by molar-refractivity contribution is 0.124. The van der Waals surface area contributed by atoms with Gasteiger partial charge in [0.15, 0.2) is 0 Å². The molecule has 0 spiro atoms. The molecule has 0 aliphatic heterocycles. The van der Waals surface area contributed by atoms with Crippen molar-refractivity contribution in [2.45, 2.75) is 6.61 Å². The van der Waals surface area contributed by atoms with E-state index < -0.39 is 0 Å². The molecule has 0 aliphatic rings. The quantitative estimate of drug-likeness (QED) is 0.638. The van der Waals surface area contributed by atoms with Crippen LogP contribution in [0.4, 0.5) is 0 Å². The van der Waals surface area contributed by atoms with Crippen LogP contribution in [0.25, 0.3) is 0 Å². The van der Waals surface area contributed by atoms with E-state index in [0.717, 1.165) is 18.7 Å². The van der Waals surface area contributed by atoms with Gasteiger partial charge in [-0.15, -0.1) is 0 Å². The van der Waals surface area contributed by atoms with Gasteiger partial charge in [-0.3, -0.25) is 4.68 Å². The van der Waals surface area contributed by atoms with Crippen molar-refractivity contribution in [1.82, 2.24) is 15.1 Å². The molecule has 1 N–H and O–H groups in total. The summed E-state index contributed by atoms with van der Waals surface area (Å²) in [5, 5.41) is 7.05. The minimum Gasteiger partial charge on any atom is -0.375 e. The van der Waals surface area contributed by atoms with Crippen LogP contribution in [0.5, 0.6) is 0 Å². The molecule has 0 saturated carbocycles. The summed E-state index contributed by atoms with van der Waals surface area (Å²) in [6.45, 7) is 2.28. The fourth-order valence-electron chi connectivity index (χ4n) is 0.911. The van der Waals surface area contributed by atoms with Crippen LogP contribution in [0.15, 0.2) is 12.4 Å². The van der Waals surface area contributed by atoms with Crippen LogP contribution in [-0.2, 0) is 18.4 Å². The molecule has 1 aromatic heterocycles. The summed E-state index contributed by atoms with van der Waals surface area (Å²) in [5.41, 5.74) is 1.12. The molecular weight excluding hydrogens is 154 g/mol. The number of rotatable bonds is 5. The molecule has 0 aromatic carbocycles. The SMILES string of the molecule is CNCCOCc1cnn(C)c1. The van der Waals surface area contributed by atoms with Crippen LogP contribution in [0.3, 0.4) is 0 Å². The van der Waals surface area contributed by atoms with Crippen molar-refractivity contribution in [2.75, 3.05) is 20.2 Å². The Morgan fingerprint density at radius 3 is 3.08 bits per heavy atom. The van der Waals surface area contributed by atoms with Crippen LogP contribution in [0, 0.1) is 0 Å². The third kappa shape index (κ3) is 3.02. The zero-order valence-corrected chi connectivity index (χ0v) is 7.58. The third-order valence-corrected chi connectivity index (χ3v) is 1.52. The summed E-state index contributed by atoms with van der Waals surface area (Å²) in [6, 6.07) is 0. The Bertz CT molecular complexity index is 222. The largest absolute Gasteiger partial charge is 0.375 e. The van der Waals surface area contributed by atoms with E-state index >= 15 is 0 Å². The predicted octanol–water partition coefficient (Wildman–Crippen LogP) is 0.156. The van der Waals surface area contributed by atoms with Gasteiger partial charge in [-0.1, -0.05) is 0 Å². The molecule has 0 unspecified atom stereocenters. The molecule has 1 rings (SSSR count). The average molecular weight is 169 g/mol. The second-order valence-electron chi connectivity index (χ2n) is 2.68. The van der Waals surface area contributed by atoms with Crippen molar-refractivity contribution < 1.29 is 4.74 Å². The minimum atomic E-state index is 0.648. The summed E-state index contributed by atoms with van der Waals surface area (Å²) in [4.78, 5) is 0. The van der Waals surface area contributed by atoms with Crippen molar-refractivity contribution in [3.63, 3.8) is 0 Å². The number of hydrogen-bond donors (Lipinski definition) is 1. The lowest BCUT2D eigenvalue weighted by atomic mass is 10.4. The van der Waals surface area contributed by atoms with Gasteiger partial charge in [-0.05, 0) is 7.05 Å². The molecule has 0 saturated heterocycles. The van der Waals surface area contributed by atoms with E-state index in [1.807, 2.05) is 26.5 Å². The first-order valence-corrected chi connectivity index (χ1v) is 4.03. The Labute approximate surface area is 72.5 Å². The lowest BCUT2D eigenvalue weighted by Crippen LogP contribution is -2.13. The van der Waals surface area contributed by atoms with Gasteiger partial charge in [0.2, 0.25) is 0 Å². The first-order chi connectivity index (χ1) is 5.83.